The minimum atomic E-state index is -0.00787. The summed E-state index contributed by atoms with van der Waals surface area (Å²) in [6.07, 6.45) is 1.81. The largest absolute Gasteiger partial charge is 0.382 e. The first-order chi connectivity index (χ1) is 5.77. The van der Waals surface area contributed by atoms with Crippen LogP contribution in [-0.2, 0) is 0 Å². The molecule has 0 amide bonds. The summed E-state index contributed by atoms with van der Waals surface area (Å²) in [7, 11) is 0. The summed E-state index contributed by atoms with van der Waals surface area (Å²) in [4.78, 5) is 7.08. The Kier molecular flexibility index (Phi) is 1.33. The summed E-state index contributed by atoms with van der Waals surface area (Å²) in [6.45, 7) is 0. The van der Waals surface area contributed by atoms with Crippen LogP contribution in [0.4, 0.5) is 0 Å². The van der Waals surface area contributed by atoms with Crippen molar-refractivity contribution in [1.82, 2.24) is 9.97 Å². The maximum Gasteiger partial charge on any atom is 0.141 e. The lowest BCUT2D eigenvalue weighted by molar-refractivity contribution is 1.27. The second kappa shape index (κ2) is 2.34. The lowest BCUT2D eigenvalue weighted by atomic mass is 10.3. The molecule has 0 aliphatic carbocycles. The Hall–Kier alpha value is -1.84. The van der Waals surface area contributed by atoms with Gasteiger partial charge in [0, 0.05) is 11.6 Å². The monoisotopic (exact) mass is 160 g/mol. The van der Waals surface area contributed by atoms with Crippen molar-refractivity contribution in [2.75, 3.05) is 0 Å². The van der Waals surface area contributed by atoms with Crippen LogP contribution >= 0.6 is 0 Å². The molecule has 0 aromatic carbocycles. The van der Waals surface area contributed by atoms with Crippen molar-refractivity contribution >= 4 is 16.9 Å². The Bertz CT molecular complexity index is 429. The molecule has 0 aliphatic heterocycles. The van der Waals surface area contributed by atoms with Crippen molar-refractivity contribution in [3.8, 4) is 0 Å². The fraction of sp³-hybridized carbons (Fsp3) is 0. The zero-order valence-corrected chi connectivity index (χ0v) is 6.33. The van der Waals surface area contributed by atoms with Gasteiger partial charge in [0.15, 0.2) is 0 Å². The van der Waals surface area contributed by atoms with Crippen molar-refractivity contribution in [2.24, 2.45) is 5.73 Å². The van der Waals surface area contributed by atoms with Crippen LogP contribution in [0, 0.1) is 5.41 Å². The van der Waals surface area contributed by atoms with Crippen molar-refractivity contribution < 1.29 is 0 Å². The number of H-pyrrole nitrogens is 1. The lowest BCUT2D eigenvalue weighted by Gasteiger charge is -1.95. The molecule has 0 saturated heterocycles. The highest BCUT2D eigenvalue weighted by atomic mass is 14.9. The molecule has 0 spiro atoms. The molecule has 4 heteroatoms. The van der Waals surface area contributed by atoms with E-state index in [4.69, 9.17) is 11.1 Å². The fourth-order valence-corrected chi connectivity index (χ4v) is 1.08. The third kappa shape index (κ3) is 0.934. The van der Waals surface area contributed by atoms with Gasteiger partial charge in [0.1, 0.15) is 17.2 Å². The van der Waals surface area contributed by atoms with Gasteiger partial charge in [-0.1, -0.05) is 0 Å². The van der Waals surface area contributed by atoms with Gasteiger partial charge in [-0.15, -0.1) is 0 Å². The number of hydrogen-bond donors (Lipinski definition) is 3. The van der Waals surface area contributed by atoms with E-state index in [1.807, 2.05) is 18.3 Å². The molecule has 0 saturated carbocycles. The maximum absolute atomic E-state index is 7.17. The van der Waals surface area contributed by atoms with Crippen molar-refractivity contribution in [2.45, 2.75) is 0 Å². The molecule has 0 unspecified atom stereocenters. The number of hydrogen-bond acceptors (Lipinski definition) is 2. The quantitative estimate of drug-likeness (QED) is 0.427. The van der Waals surface area contributed by atoms with E-state index < -0.39 is 0 Å². The van der Waals surface area contributed by atoms with E-state index in [-0.39, 0.29) is 5.84 Å². The standard InChI is InChI=1S/C8H8N4/c9-7(10)6-2-1-5-3-4-11-8(5)12-6/h1-4H,(H3,9,10)(H,11,12). The number of nitrogen functional groups attached to an aromatic ring is 1. The Labute approximate surface area is 68.9 Å². The summed E-state index contributed by atoms with van der Waals surface area (Å²) < 4.78 is 0. The van der Waals surface area contributed by atoms with Crippen LogP contribution in [0.2, 0.25) is 0 Å². The van der Waals surface area contributed by atoms with Gasteiger partial charge in [-0.25, -0.2) is 4.98 Å². The molecule has 60 valence electrons. The zero-order valence-electron chi connectivity index (χ0n) is 6.33. The van der Waals surface area contributed by atoms with Crippen LogP contribution in [0.1, 0.15) is 5.69 Å². The highest BCUT2D eigenvalue weighted by molar-refractivity contribution is 5.94. The van der Waals surface area contributed by atoms with Crippen molar-refractivity contribution in [1.29, 1.82) is 5.41 Å². The van der Waals surface area contributed by atoms with Crippen LogP contribution in [0.15, 0.2) is 24.4 Å². The highest BCUT2D eigenvalue weighted by Crippen LogP contribution is 2.09. The lowest BCUT2D eigenvalue weighted by Crippen LogP contribution is -2.12. The molecule has 0 fully saturated rings. The second-order valence-electron chi connectivity index (χ2n) is 2.53. The zero-order chi connectivity index (χ0) is 8.55. The number of aromatic nitrogens is 2. The normalized spacial score (nSPS) is 10.3. The molecule has 12 heavy (non-hydrogen) atoms. The predicted molar refractivity (Wildman–Crippen MR) is 47.1 cm³/mol. The topological polar surface area (TPSA) is 78.5 Å². The van der Waals surface area contributed by atoms with E-state index in [9.17, 15) is 0 Å². The molecule has 0 aliphatic rings. The van der Waals surface area contributed by atoms with E-state index in [0.29, 0.717) is 5.69 Å². The third-order valence-corrected chi connectivity index (χ3v) is 1.69. The minimum absolute atomic E-state index is 0.00787. The summed E-state index contributed by atoms with van der Waals surface area (Å²) in [5.74, 6) is -0.00787. The summed E-state index contributed by atoms with van der Waals surface area (Å²) in [6, 6.07) is 5.54. The van der Waals surface area contributed by atoms with Gasteiger partial charge in [-0.2, -0.15) is 0 Å². The van der Waals surface area contributed by atoms with Crippen LogP contribution in [-0.4, -0.2) is 15.8 Å². The predicted octanol–water partition coefficient (Wildman–Crippen LogP) is 0.847. The molecule has 4 nitrogen and oxygen atoms in total. The Morgan fingerprint density at radius 3 is 3.00 bits per heavy atom. The van der Waals surface area contributed by atoms with Gasteiger partial charge < -0.3 is 10.7 Å². The first-order valence-corrected chi connectivity index (χ1v) is 3.56. The molecular formula is C8H8N4. The van der Waals surface area contributed by atoms with Gasteiger partial charge in [-0.3, -0.25) is 5.41 Å². The highest BCUT2D eigenvalue weighted by Gasteiger charge is 1.99. The van der Waals surface area contributed by atoms with Crippen LogP contribution in [0.3, 0.4) is 0 Å². The van der Waals surface area contributed by atoms with E-state index in [1.165, 1.54) is 0 Å². The maximum atomic E-state index is 7.17. The summed E-state index contributed by atoms with van der Waals surface area (Å²) >= 11 is 0. The Morgan fingerprint density at radius 1 is 1.42 bits per heavy atom. The van der Waals surface area contributed by atoms with Crippen LogP contribution in [0.5, 0.6) is 0 Å². The number of aromatic amines is 1. The minimum Gasteiger partial charge on any atom is -0.382 e. The number of rotatable bonds is 1. The van der Waals surface area contributed by atoms with E-state index in [1.54, 1.807) is 6.07 Å². The Balaban J connectivity index is 2.68. The summed E-state index contributed by atoms with van der Waals surface area (Å²) in [5, 5.41) is 8.19. The third-order valence-electron chi connectivity index (χ3n) is 1.69. The average molecular weight is 160 g/mol. The molecule has 0 bridgehead atoms. The first-order valence-electron chi connectivity index (χ1n) is 3.56. The molecule has 2 heterocycles. The molecule has 2 rings (SSSR count). The smallest absolute Gasteiger partial charge is 0.141 e. The Morgan fingerprint density at radius 2 is 2.25 bits per heavy atom. The first kappa shape index (κ1) is 6.84. The number of pyridine rings is 1. The molecular weight excluding hydrogens is 152 g/mol. The molecule has 0 radical (unpaired) electrons. The van der Waals surface area contributed by atoms with Crippen molar-refractivity contribution in [3.63, 3.8) is 0 Å². The van der Waals surface area contributed by atoms with Gasteiger partial charge in [0.25, 0.3) is 0 Å². The van der Waals surface area contributed by atoms with Crippen molar-refractivity contribution in [3.05, 3.63) is 30.1 Å². The van der Waals surface area contributed by atoms with Crippen LogP contribution < -0.4 is 5.73 Å². The van der Waals surface area contributed by atoms with Crippen LogP contribution in [0.25, 0.3) is 11.0 Å². The van der Waals surface area contributed by atoms with E-state index in [2.05, 4.69) is 9.97 Å². The van der Waals surface area contributed by atoms with Gasteiger partial charge in [-0.05, 0) is 18.2 Å². The van der Waals surface area contributed by atoms with Gasteiger partial charge in [0.2, 0.25) is 0 Å². The SMILES string of the molecule is N=C(N)c1ccc2cc[nH]c2n1. The molecule has 0 atom stereocenters. The van der Waals surface area contributed by atoms with E-state index >= 15 is 0 Å². The van der Waals surface area contributed by atoms with E-state index in [0.717, 1.165) is 11.0 Å². The molecule has 2 aromatic heterocycles. The number of nitrogens with one attached hydrogen (secondary N) is 2. The number of nitrogens with zero attached hydrogens (tertiary/aromatic N) is 1. The summed E-state index contributed by atoms with van der Waals surface area (Å²) in [5.41, 5.74) is 6.55. The number of fused-ring (bicyclic) bond motifs is 1. The number of amidine groups is 1. The second-order valence-corrected chi connectivity index (χ2v) is 2.53. The average Bonchev–Trinajstić information content (AvgIpc) is 2.49. The van der Waals surface area contributed by atoms with Gasteiger partial charge in [0.05, 0.1) is 0 Å². The molecule has 4 N–H and O–H groups in total. The molecule has 2 aromatic rings. The fourth-order valence-electron chi connectivity index (χ4n) is 1.08. The number of nitrogens with two attached hydrogens (primary N) is 1. The van der Waals surface area contributed by atoms with Gasteiger partial charge >= 0.3 is 0 Å².